The van der Waals surface area contributed by atoms with E-state index in [9.17, 15) is 18.3 Å². The molecule has 0 radical (unpaired) electrons. The van der Waals surface area contributed by atoms with Gasteiger partial charge in [-0.25, -0.2) is 0 Å². The molecule has 4 fully saturated rings. The number of epoxide rings is 1. The van der Waals surface area contributed by atoms with Crippen LogP contribution < -0.4 is 0 Å². The third-order valence-corrected chi connectivity index (χ3v) is 9.61. The quantitative estimate of drug-likeness (QED) is 0.531. The third kappa shape index (κ3) is 4.00. The monoisotopic (exact) mass is 416 g/mol. The summed E-state index contributed by atoms with van der Waals surface area (Å²) in [6.07, 6.45) is 3.74. The first-order chi connectivity index (χ1) is 13.6. The predicted octanol–water partition coefficient (Wildman–Crippen LogP) is 6.36. The Morgan fingerprint density at radius 1 is 1.03 bits per heavy atom. The molecule has 5 heteroatoms. The van der Waals surface area contributed by atoms with Crippen LogP contribution in [0.2, 0.25) is 0 Å². The van der Waals surface area contributed by atoms with Crippen molar-refractivity contribution in [2.45, 2.75) is 103 Å². The van der Waals surface area contributed by atoms with Gasteiger partial charge in [-0.15, -0.1) is 0 Å². The Labute approximate surface area is 174 Å². The molecule has 0 amide bonds. The summed E-state index contributed by atoms with van der Waals surface area (Å²) in [7, 11) is 0. The number of rotatable bonds is 2. The average Bonchev–Trinajstić information content (AvgIpc) is 3.41. The van der Waals surface area contributed by atoms with Crippen LogP contribution in [-0.2, 0) is 4.74 Å². The summed E-state index contributed by atoms with van der Waals surface area (Å²) in [5.41, 5.74) is -2.13. The second-order valence-corrected chi connectivity index (χ2v) is 11.3. The van der Waals surface area contributed by atoms with Gasteiger partial charge in [-0.1, -0.05) is 33.6 Å². The minimum absolute atomic E-state index is 0.0930. The maximum atomic E-state index is 13.5. The number of halogens is 3. The van der Waals surface area contributed by atoms with E-state index in [0.29, 0.717) is 41.6 Å². The van der Waals surface area contributed by atoms with Crippen molar-refractivity contribution in [2.24, 2.45) is 40.9 Å². The standard InChI is InChI=1S/C24H39F3O2/c1-15-6-7-18-17(5-4-11-23(28,13-15)24(25,26)27)10-12-22(3)19(8-9-20(18)22)16(2)21-14-29-21/h15-21,28H,4-14H2,1-3H3/t15-,16+,17+,18-,19-,20+,21?,22-,23-/m1/s1. The van der Waals surface area contributed by atoms with Gasteiger partial charge in [0.25, 0.3) is 0 Å². The fourth-order valence-electron chi connectivity index (χ4n) is 7.86. The Bertz CT molecular complexity index is 589. The molecule has 9 atom stereocenters. The number of aliphatic hydroxyl groups is 1. The lowest BCUT2D eigenvalue weighted by Gasteiger charge is -2.51. The molecule has 29 heavy (non-hydrogen) atoms. The highest BCUT2D eigenvalue weighted by Crippen LogP contribution is 2.63. The van der Waals surface area contributed by atoms with Crippen LogP contribution >= 0.6 is 0 Å². The van der Waals surface area contributed by atoms with Gasteiger partial charge >= 0.3 is 6.18 Å². The summed E-state index contributed by atoms with van der Waals surface area (Å²) >= 11 is 0. The smallest absolute Gasteiger partial charge is 0.380 e. The van der Waals surface area contributed by atoms with Crippen LogP contribution in [0.25, 0.3) is 0 Å². The van der Waals surface area contributed by atoms with Crippen LogP contribution in [0.4, 0.5) is 13.2 Å². The van der Waals surface area contributed by atoms with E-state index in [1.54, 1.807) is 0 Å². The molecule has 3 aliphatic carbocycles. The SMILES string of the molecule is C[C@@H]1CC[C@@H]2[C@@H](CCC[C@](O)(C(F)(F)F)C1)CC[C@]1(C)[C@@H]([C@H](C)C3CO3)CC[C@@H]21. The van der Waals surface area contributed by atoms with E-state index in [4.69, 9.17) is 4.74 Å². The maximum absolute atomic E-state index is 13.5. The highest BCUT2D eigenvalue weighted by atomic mass is 19.4. The molecule has 0 spiro atoms. The molecule has 168 valence electrons. The van der Waals surface area contributed by atoms with Crippen LogP contribution in [0.1, 0.15) is 85.0 Å². The molecule has 4 rings (SSSR count). The van der Waals surface area contributed by atoms with Gasteiger partial charge in [0.1, 0.15) is 0 Å². The van der Waals surface area contributed by atoms with Crippen molar-refractivity contribution in [3.05, 3.63) is 0 Å². The highest BCUT2D eigenvalue weighted by molar-refractivity contribution is 5.05. The van der Waals surface area contributed by atoms with E-state index < -0.39 is 11.8 Å². The Kier molecular flexibility index (Phi) is 5.81. The maximum Gasteiger partial charge on any atom is 0.417 e. The molecule has 1 N–H and O–H groups in total. The second-order valence-electron chi connectivity index (χ2n) is 11.3. The molecular weight excluding hydrogens is 377 g/mol. The average molecular weight is 417 g/mol. The molecule has 0 aromatic carbocycles. The Morgan fingerprint density at radius 2 is 1.76 bits per heavy atom. The second kappa shape index (κ2) is 7.69. The number of fused-ring (bicyclic) bond motifs is 3. The highest BCUT2D eigenvalue weighted by Gasteiger charge is 2.57. The van der Waals surface area contributed by atoms with E-state index in [-0.39, 0.29) is 18.8 Å². The van der Waals surface area contributed by atoms with Gasteiger partial charge in [0.15, 0.2) is 5.60 Å². The number of hydrogen-bond acceptors (Lipinski definition) is 2. The summed E-state index contributed by atoms with van der Waals surface area (Å²) in [6.45, 7) is 7.70. The van der Waals surface area contributed by atoms with Crippen LogP contribution in [0.3, 0.4) is 0 Å². The van der Waals surface area contributed by atoms with Gasteiger partial charge in [-0.05, 0) is 92.3 Å². The van der Waals surface area contributed by atoms with Crippen molar-refractivity contribution in [2.75, 3.05) is 6.61 Å². The summed E-state index contributed by atoms with van der Waals surface area (Å²) in [6, 6.07) is 0. The van der Waals surface area contributed by atoms with Crippen molar-refractivity contribution in [1.29, 1.82) is 0 Å². The summed E-state index contributed by atoms with van der Waals surface area (Å²) in [5, 5.41) is 10.4. The molecule has 2 nitrogen and oxygen atoms in total. The first-order valence-corrected chi connectivity index (χ1v) is 12.0. The molecule has 3 saturated carbocycles. The van der Waals surface area contributed by atoms with Gasteiger partial charge in [0.05, 0.1) is 12.7 Å². The lowest BCUT2D eigenvalue weighted by Crippen LogP contribution is -2.47. The van der Waals surface area contributed by atoms with E-state index in [2.05, 4.69) is 13.8 Å². The van der Waals surface area contributed by atoms with Gasteiger partial charge < -0.3 is 9.84 Å². The van der Waals surface area contributed by atoms with Crippen LogP contribution in [-0.4, -0.2) is 29.6 Å². The van der Waals surface area contributed by atoms with E-state index in [0.717, 1.165) is 38.2 Å². The zero-order chi connectivity index (χ0) is 21.0. The van der Waals surface area contributed by atoms with Crippen molar-refractivity contribution in [3.8, 4) is 0 Å². The largest absolute Gasteiger partial charge is 0.417 e. The lowest BCUT2D eigenvalue weighted by molar-refractivity contribution is -0.269. The fourth-order valence-corrected chi connectivity index (χ4v) is 7.86. The minimum Gasteiger partial charge on any atom is -0.380 e. The Balaban J connectivity index is 1.50. The van der Waals surface area contributed by atoms with Gasteiger partial charge in [0, 0.05) is 0 Å². The summed E-state index contributed by atoms with van der Waals surface area (Å²) in [5.74, 6) is 3.14. The molecule has 1 aliphatic heterocycles. The molecule has 0 aromatic rings. The number of alkyl halides is 3. The van der Waals surface area contributed by atoms with Gasteiger partial charge in [-0.2, -0.15) is 13.2 Å². The van der Waals surface area contributed by atoms with Crippen molar-refractivity contribution in [3.63, 3.8) is 0 Å². The lowest BCUT2D eigenvalue weighted by atomic mass is 9.54. The Morgan fingerprint density at radius 3 is 2.41 bits per heavy atom. The van der Waals surface area contributed by atoms with Crippen molar-refractivity contribution < 1.29 is 23.0 Å². The molecular formula is C24H39F3O2. The normalized spacial score (nSPS) is 49.8. The molecule has 1 saturated heterocycles. The molecule has 1 heterocycles. The van der Waals surface area contributed by atoms with Crippen LogP contribution in [0.5, 0.6) is 0 Å². The van der Waals surface area contributed by atoms with Crippen LogP contribution in [0.15, 0.2) is 0 Å². The topological polar surface area (TPSA) is 32.8 Å². The van der Waals surface area contributed by atoms with E-state index >= 15 is 0 Å². The summed E-state index contributed by atoms with van der Waals surface area (Å²) < 4.78 is 46.2. The van der Waals surface area contributed by atoms with E-state index in [1.165, 1.54) is 19.3 Å². The fraction of sp³-hybridized carbons (Fsp3) is 1.00. The van der Waals surface area contributed by atoms with Gasteiger partial charge in [-0.3, -0.25) is 0 Å². The zero-order valence-corrected chi connectivity index (χ0v) is 18.3. The molecule has 1 unspecified atom stereocenters. The molecule has 4 aliphatic rings. The first kappa shape index (κ1) is 21.9. The third-order valence-electron chi connectivity index (χ3n) is 9.61. The number of ether oxygens (including phenoxy) is 1. The zero-order valence-electron chi connectivity index (χ0n) is 18.3. The van der Waals surface area contributed by atoms with Crippen molar-refractivity contribution >= 4 is 0 Å². The molecule has 0 aromatic heterocycles. The predicted molar refractivity (Wildman–Crippen MR) is 107 cm³/mol. The van der Waals surface area contributed by atoms with E-state index in [1.807, 2.05) is 6.92 Å². The Hall–Kier alpha value is -0.290. The minimum atomic E-state index is -4.52. The van der Waals surface area contributed by atoms with Crippen LogP contribution in [0, 0.1) is 40.9 Å². The summed E-state index contributed by atoms with van der Waals surface area (Å²) in [4.78, 5) is 0. The van der Waals surface area contributed by atoms with Gasteiger partial charge in [0.2, 0.25) is 0 Å². The van der Waals surface area contributed by atoms with Crippen molar-refractivity contribution in [1.82, 2.24) is 0 Å². The number of hydrogen-bond donors (Lipinski definition) is 1. The first-order valence-electron chi connectivity index (χ1n) is 12.0. The molecule has 0 bridgehead atoms.